The summed E-state index contributed by atoms with van der Waals surface area (Å²) in [6.45, 7) is 0.315. The Bertz CT molecular complexity index is 1110. The molecule has 0 unspecified atom stereocenters. The second-order valence-electron chi connectivity index (χ2n) is 9.37. The van der Waals surface area contributed by atoms with Gasteiger partial charge in [0, 0.05) is 29.1 Å². The van der Waals surface area contributed by atoms with Crippen molar-refractivity contribution in [1.29, 1.82) is 0 Å². The molecule has 2 aromatic carbocycles. The fourth-order valence-corrected chi connectivity index (χ4v) is 4.80. The molecule has 0 aromatic heterocycles. The van der Waals surface area contributed by atoms with E-state index in [1.54, 1.807) is 12.1 Å². The van der Waals surface area contributed by atoms with E-state index in [0.717, 1.165) is 18.4 Å². The third-order valence-electron chi connectivity index (χ3n) is 6.72. The minimum absolute atomic E-state index is 0.0685. The molecule has 0 saturated heterocycles. The van der Waals surface area contributed by atoms with Crippen LogP contribution in [0.1, 0.15) is 83.6 Å². The summed E-state index contributed by atoms with van der Waals surface area (Å²) in [6.07, 6.45) is 4.75. The molecule has 2 aliphatic rings. The Morgan fingerprint density at radius 1 is 1.00 bits per heavy atom. The third-order valence-corrected chi connectivity index (χ3v) is 7.04. The minimum Gasteiger partial charge on any atom is -0.487 e. The number of amides is 1. The molecule has 0 spiro atoms. The van der Waals surface area contributed by atoms with Gasteiger partial charge in [-0.3, -0.25) is 14.4 Å². The molecule has 35 heavy (non-hydrogen) atoms. The van der Waals surface area contributed by atoms with Crippen LogP contribution in [0.3, 0.4) is 0 Å². The van der Waals surface area contributed by atoms with E-state index in [4.69, 9.17) is 21.4 Å². The highest BCUT2D eigenvalue weighted by molar-refractivity contribution is 6.31. The van der Waals surface area contributed by atoms with E-state index < -0.39 is 11.8 Å². The van der Waals surface area contributed by atoms with E-state index in [2.05, 4.69) is 5.32 Å². The van der Waals surface area contributed by atoms with E-state index in [0.29, 0.717) is 55.2 Å². The van der Waals surface area contributed by atoms with Crippen LogP contribution in [0.4, 0.5) is 4.39 Å². The van der Waals surface area contributed by atoms with Gasteiger partial charge in [-0.05, 0) is 86.8 Å². The van der Waals surface area contributed by atoms with Crippen LogP contribution in [0.15, 0.2) is 36.4 Å². The predicted molar refractivity (Wildman–Crippen MR) is 130 cm³/mol. The number of aliphatic carboxylic acids is 1. The molecular weight excluding hydrogens is 473 g/mol. The number of carbonyl (C=O) groups excluding carboxylic acids is 2. The van der Waals surface area contributed by atoms with Crippen molar-refractivity contribution >= 4 is 29.3 Å². The first-order valence-electron chi connectivity index (χ1n) is 12.1. The summed E-state index contributed by atoms with van der Waals surface area (Å²) in [7, 11) is 0. The highest BCUT2D eigenvalue weighted by Crippen LogP contribution is 2.43. The monoisotopic (exact) mass is 501 g/mol. The number of carboxylic acids is 1. The molecule has 1 amide bonds. The first-order chi connectivity index (χ1) is 16.8. The van der Waals surface area contributed by atoms with E-state index in [9.17, 15) is 18.8 Å². The van der Waals surface area contributed by atoms with Gasteiger partial charge in [-0.1, -0.05) is 17.7 Å². The van der Waals surface area contributed by atoms with Crippen LogP contribution >= 0.6 is 11.6 Å². The zero-order valence-electron chi connectivity index (χ0n) is 19.4. The molecule has 186 valence electrons. The second kappa shape index (κ2) is 11.2. The SMILES string of the molecule is O=C(CCCNC(=O)c1ccc(C2CC2)c(Cl)c1)c1ccc(OC2CCC(C(=O)O)CC2)c(F)c1. The van der Waals surface area contributed by atoms with Gasteiger partial charge in [0.25, 0.3) is 5.91 Å². The molecule has 0 heterocycles. The summed E-state index contributed by atoms with van der Waals surface area (Å²) >= 11 is 6.29. The van der Waals surface area contributed by atoms with Crippen molar-refractivity contribution in [2.24, 2.45) is 5.92 Å². The fourth-order valence-electron chi connectivity index (χ4n) is 4.47. The van der Waals surface area contributed by atoms with Crippen LogP contribution in [-0.4, -0.2) is 35.4 Å². The Morgan fingerprint density at radius 2 is 1.71 bits per heavy atom. The molecule has 2 fully saturated rings. The number of carbonyl (C=O) groups is 3. The largest absolute Gasteiger partial charge is 0.487 e. The summed E-state index contributed by atoms with van der Waals surface area (Å²) in [4.78, 5) is 35.9. The zero-order valence-corrected chi connectivity index (χ0v) is 20.2. The van der Waals surface area contributed by atoms with Crippen molar-refractivity contribution in [1.82, 2.24) is 5.32 Å². The van der Waals surface area contributed by atoms with Crippen LogP contribution in [0, 0.1) is 11.7 Å². The van der Waals surface area contributed by atoms with Gasteiger partial charge >= 0.3 is 5.97 Å². The Hall–Kier alpha value is -2.93. The zero-order chi connectivity index (χ0) is 24.9. The molecular formula is C27H29ClFNO5. The molecule has 0 bridgehead atoms. The van der Waals surface area contributed by atoms with E-state index in [1.165, 1.54) is 18.2 Å². The number of Topliss-reactive ketones (excluding diaryl/α,β-unsaturated/α-hetero) is 1. The summed E-state index contributed by atoms with van der Waals surface area (Å²) in [5.74, 6) is -1.67. The maximum Gasteiger partial charge on any atom is 0.306 e. The summed E-state index contributed by atoms with van der Waals surface area (Å²) in [5, 5.41) is 12.5. The first-order valence-corrected chi connectivity index (χ1v) is 12.5. The van der Waals surface area contributed by atoms with Crippen LogP contribution in [0.2, 0.25) is 5.02 Å². The number of rotatable bonds is 10. The number of halogens is 2. The van der Waals surface area contributed by atoms with Gasteiger partial charge in [-0.2, -0.15) is 0 Å². The van der Waals surface area contributed by atoms with Crippen molar-refractivity contribution in [3.63, 3.8) is 0 Å². The van der Waals surface area contributed by atoms with Gasteiger partial charge in [0.15, 0.2) is 17.3 Å². The Morgan fingerprint density at radius 3 is 2.34 bits per heavy atom. The van der Waals surface area contributed by atoms with Gasteiger partial charge in [0.1, 0.15) is 0 Å². The maximum atomic E-state index is 14.5. The number of hydrogen-bond donors (Lipinski definition) is 2. The smallest absolute Gasteiger partial charge is 0.306 e. The number of ketones is 1. The van der Waals surface area contributed by atoms with Crippen molar-refractivity contribution in [2.75, 3.05) is 6.54 Å². The molecule has 0 aliphatic heterocycles. The lowest BCUT2D eigenvalue weighted by Crippen LogP contribution is -2.28. The van der Waals surface area contributed by atoms with Gasteiger partial charge in [-0.25, -0.2) is 4.39 Å². The van der Waals surface area contributed by atoms with Gasteiger partial charge in [-0.15, -0.1) is 0 Å². The molecule has 6 nitrogen and oxygen atoms in total. The number of carboxylic acid groups (broad SMARTS) is 1. The Labute approximate surface area is 208 Å². The van der Waals surface area contributed by atoms with Crippen molar-refractivity contribution in [3.05, 3.63) is 63.9 Å². The van der Waals surface area contributed by atoms with Crippen LogP contribution < -0.4 is 10.1 Å². The molecule has 2 N–H and O–H groups in total. The Kier molecular flexibility index (Phi) is 8.06. The van der Waals surface area contributed by atoms with E-state index >= 15 is 0 Å². The minimum atomic E-state index is -0.802. The molecule has 8 heteroatoms. The number of benzene rings is 2. The second-order valence-corrected chi connectivity index (χ2v) is 9.78. The lowest BCUT2D eigenvalue weighted by Gasteiger charge is -2.27. The molecule has 0 atom stereocenters. The highest BCUT2D eigenvalue weighted by atomic mass is 35.5. The molecule has 2 aliphatic carbocycles. The molecule has 0 radical (unpaired) electrons. The lowest BCUT2D eigenvalue weighted by molar-refractivity contribution is -0.143. The molecule has 2 saturated carbocycles. The topological polar surface area (TPSA) is 92.7 Å². The fraction of sp³-hybridized carbons (Fsp3) is 0.444. The summed E-state index contributed by atoms with van der Waals surface area (Å²) in [6, 6.07) is 9.50. The number of nitrogens with one attached hydrogen (secondary N) is 1. The quantitative estimate of drug-likeness (QED) is 0.318. The van der Waals surface area contributed by atoms with Crippen LogP contribution in [0.5, 0.6) is 5.75 Å². The van der Waals surface area contributed by atoms with Crippen molar-refractivity contribution in [2.45, 2.75) is 63.4 Å². The highest BCUT2D eigenvalue weighted by Gasteiger charge is 2.28. The van der Waals surface area contributed by atoms with E-state index in [1.807, 2.05) is 6.07 Å². The average molecular weight is 502 g/mol. The number of ether oxygens (including phenoxy) is 1. The van der Waals surface area contributed by atoms with Gasteiger partial charge in [0.05, 0.1) is 12.0 Å². The predicted octanol–water partition coefficient (Wildman–Crippen LogP) is 5.77. The van der Waals surface area contributed by atoms with Crippen molar-refractivity contribution in [3.8, 4) is 5.75 Å². The van der Waals surface area contributed by atoms with Gasteiger partial charge < -0.3 is 15.2 Å². The third kappa shape index (κ3) is 6.60. The molecule has 4 rings (SSSR count). The van der Waals surface area contributed by atoms with E-state index in [-0.39, 0.29) is 41.4 Å². The van der Waals surface area contributed by atoms with Crippen LogP contribution in [-0.2, 0) is 4.79 Å². The molecule has 2 aromatic rings. The summed E-state index contributed by atoms with van der Waals surface area (Å²) < 4.78 is 20.2. The first kappa shape index (κ1) is 25.2. The Balaban J connectivity index is 1.21. The normalized spacial score (nSPS) is 19.7. The lowest BCUT2D eigenvalue weighted by atomic mass is 9.87. The van der Waals surface area contributed by atoms with Gasteiger partial charge in [0.2, 0.25) is 0 Å². The maximum absolute atomic E-state index is 14.5. The number of hydrogen-bond acceptors (Lipinski definition) is 4. The standard InChI is InChI=1S/C27H29ClFNO5/c28-22-14-19(7-11-21(22)16-3-4-16)26(32)30-13-1-2-24(31)18-8-12-25(23(29)15-18)35-20-9-5-17(6-10-20)27(33)34/h7-8,11-12,14-17,20H,1-6,9-10,13H2,(H,30,32)(H,33,34). The van der Waals surface area contributed by atoms with Crippen LogP contribution in [0.25, 0.3) is 0 Å². The van der Waals surface area contributed by atoms with Crippen molar-refractivity contribution < 1.29 is 28.6 Å². The summed E-state index contributed by atoms with van der Waals surface area (Å²) in [5.41, 5.74) is 1.82. The average Bonchev–Trinajstić information content (AvgIpc) is 3.68.